The molecule has 1 N–H and O–H groups in total. The SMILES string of the molecule is CC(NCc1cccc(OCCCC#N)c1)C(C)N1CCOCC1. The number of ether oxygens (including phenoxy) is 2. The first-order chi connectivity index (χ1) is 11.7. The number of nitriles is 1. The number of hydrogen-bond acceptors (Lipinski definition) is 5. The number of nitrogens with one attached hydrogen (secondary N) is 1. The highest BCUT2D eigenvalue weighted by Crippen LogP contribution is 2.14. The number of morpholine rings is 1. The lowest BCUT2D eigenvalue weighted by molar-refractivity contribution is 0.0135. The number of benzene rings is 1. The minimum atomic E-state index is 0.406. The Balaban J connectivity index is 1.77. The first-order valence-electron chi connectivity index (χ1n) is 8.84. The third-order valence-electron chi connectivity index (χ3n) is 4.57. The molecule has 1 aromatic carbocycles. The van der Waals surface area contributed by atoms with E-state index in [9.17, 15) is 0 Å². The van der Waals surface area contributed by atoms with E-state index in [0.29, 0.717) is 25.1 Å². The summed E-state index contributed by atoms with van der Waals surface area (Å²) in [4.78, 5) is 2.48. The van der Waals surface area contributed by atoms with Gasteiger partial charge >= 0.3 is 0 Å². The number of hydrogen-bond donors (Lipinski definition) is 1. The van der Waals surface area contributed by atoms with Crippen molar-refractivity contribution >= 4 is 0 Å². The Morgan fingerprint density at radius 2 is 2.12 bits per heavy atom. The molecule has 0 saturated carbocycles. The van der Waals surface area contributed by atoms with Gasteiger partial charge in [-0.3, -0.25) is 4.90 Å². The van der Waals surface area contributed by atoms with Gasteiger partial charge in [0, 0.05) is 38.1 Å². The molecule has 0 amide bonds. The van der Waals surface area contributed by atoms with Gasteiger partial charge in [0.25, 0.3) is 0 Å². The maximum Gasteiger partial charge on any atom is 0.119 e. The summed E-state index contributed by atoms with van der Waals surface area (Å²) in [6, 6.07) is 11.2. The molecule has 0 aliphatic carbocycles. The average Bonchev–Trinajstić information content (AvgIpc) is 2.64. The number of rotatable bonds is 9. The second-order valence-electron chi connectivity index (χ2n) is 6.32. The topological polar surface area (TPSA) is 57.5 Å². The van der Waals surface area contributed by atoms with Gasteiger partial charge in [0.05, 0.1) is 25.9 Å². The van der Waals surface area contributed by atoms with Crippen molar-refractivity contribution in [1.82, 2.24) is 10.2 Å². The van der Waals surface area contributed by atoms with E-state index in [-0.39, 0.29) is 0 Å². The monoisotopic (exact) mass is 331 g/mol. The summed E-state index contributed by atoms with van der Waals surface area (Å²) in [6.07, 6.45) is 1.31. The molecule has 132 valence electrons. The summed E-state index contributed by atoms with van der Waals surface area (Å²) >= 11 is 0. The molecule has 1 fully saturated rings. The molecule has 0 radical (unpaired) electrons. The lowest BCUT2D eigenvalue weighted by atomic mass is 10.1. The normalized spacial score (nSPS) is 17.9. The second-order valence-corrected chi connectivity index (χ2v) is 6.32. The Hall–Kier alpha value is -1.61. The van der Waals surface area contributed by atoms with Crippen molar-refractivity contribution in [2.75, 3.05) is 32.9 Å². The molecule has 1 heterocycles. The van der Waals surface area contributed by atoms with E-state index >= 15 is 0 Å². The van der Waals surface area contributed by atoms with E-state index < -0.39 is 0 Å². The molecular weight excluding hydrogens is 302 g/mol. The van der Waals surface area contributed by atoms with Gasteiger partial charge in [-0.05, 0) is 38.0 Å². The summed E-state index contributed by atoms with van der Waals surface area (Å²) < 4.78 is 11.1. The van der Waals surface area contributed by atoms with Gasteiger partial charge in [-0.2, -0.15) is 5.26 Å². The third-order valence-corrected chi connectivity index (χ3v) is 4.57. The summed E-state index contributed by atoms with van der Waals surface area (Å²) in [5, 5.41) is 12.2. The first-order valence-corrected chi connectivity index (χ1v) is 8.84. The van der Waals surface area contributed by atoms with Crippen molar-refractivity contribution in [1.29, 1.82) is 5.26 Å². The quantitative estimate of drug-likeness (QED) is 0.705. The van der Waals surface area contributed by atoms with E-state index in [1.807, 2.05) is 12.1 Å². The van der Waals surface area contributed by atoms with Crippen molar-refractivity contribution in [3.63, 3.8) is 0 Å². The van der Waals surface area contributed by atoms with Crippen LogP contribution in [0.1, 0.15) is 32.3 Å². The average molecular weight is 331 g/mol. The van der Waals surface area contributed by atoms with Crippen LogP contribution in [0.3, 0.4) is 0 Å². The van der Waals surface area contributed by atoms with Gasteiger partial charge in [-0.1, -0.05) is 12.1 Å². The Morgan fingerprint density at radius 3 is 2.88 bits per heavy atom. The van der Waals surface area contributed by atoms with Crippen molar-refractivity contribution in [3.05, 3.63) is 29.8 Å². The molecule has 0 bridgehead atoms. The minimum Gasteiger partial charge on any atom is -0.494 e. The molecule has 1 aliphatic rings. The van der Waals surface area contributed by atoms with Crippen molar-refractivity contribution < 1.29 is 9.47 Å². The van der Waals surface area contributed by atoms with Gasteiger partial charge in [0.15, 0.2) is 0 Å². The van der Waals surface area contributed by atoms with E-state index in [2.05, 4.69) is 42.3 Å². The lowest BCUT2D eigenvalue weighted by Gasteiger charge is -2.36. The summed E-state index contributed by atoms with van der Waals surface area (Å²) in [5.41, 5.74) is 1.22. The molecule has 0 aromatic heterocycles. The molecule has 2 atom stereocenters. The molecule has 1 saturated heterocycles. The fourth-order valence-electron chi connectivity index (χ4n) is 2.84. The summed E-state index contributed by atoms with van der Waals surface area (Å²) in [7, 11) is 0. The summed E-state index contributed by atoms with van der Waals surface area (Å²) in [6.45, 7) is 9.63. The molecule has 24 heavy (non-hydrogen) atoms. The zero-order valence-corrected chi connectivity index (χ0v) is 14.8. The van der Waals surface area contributed by atoms with Crippen LogP contribution in [0.25, 0.3) is 0 Å². The van der Waals surface area contributed by atoms with Crippen LogP contribution in [-0.4, -0.2) is 49.9 Å². The summed E-state index contributed by atoms with van der Waals surface area (Å²) in [5.74, 6) is 0.876. The van der Waals surface area contributed by atoms with Gasteiger partial charge in [0.2, 0.25) is 0 Å². The zero-order valence-electron chi connectivity index (χ0n) is 14.8. The van der Waals surface area contributed by atoms with Crippen LogP contribution in [0.5, 0.6) is 5.75 Å². The van der Waals surface area contributed by atoms with Crippen molar-refractivity contribution in [2.45, 2.75) is 45.3 Å². The van der Waals surface area contributed by atoms with Crippen LogP contribution in [0, 0.1) is 11.3 Å². The highest BCUT2D eigenvalue weighted by Gasteiger charge is 2.21. The van der Waals surface area contributed by atoms with Crippen LogP contribution in [0.4, 0.5) is 0 Å². The van der Waals surface area contributed by atoms with Crippen LogP contribution in [0.2, 0.25) is 0 Å². The fourth-order valence-corrected chi connectivity index (χ4v) is 2.84. The van der Waals surface area contributed by atoms with Crippen LogP contribution >= 0.6 is 0 Å². The highest BCUT2D eigenvalue weighted by atomic mass is 16.5. The second kappa shape index (κ2) is 10.3. The van der Waals surface area contributed by atoms with E-state index in [1.54, 1.807) is 0 Å². The minimum absolute atomic E-state index is 0.406. The Morgan fingerprint density at radius 1 is 1.33 bits per heavy atom. The molecular formula is C19H29N3O2. The molecule has 1 aliphatic heterocycles. The Labute approximate surface area is 145 Å². The predicted octanol–water partition coefficient (Wildman–Crippen LogP) is 2.57. The zero-order chi connectivity index (χ0) is 17.2. The fraction of sp³-hybridized carbons (Fsp3) is 0.632. The van der Waals surface area contributed by atoms with E-state index in [1.165, 1.54) is 5.56 Å². The van der Waals surface area contributed by atoms with Crippen LogP contribution < -0.4 is 10.1 Å². The number of nitrogens with zero attached hydrogens (tertiary/aromatic N) is 2. The van der Waals surface area contributed by atoms with E-state index in [4.69, 9.17) is 14.7 Å². The van der Waals surface area contributed by atoms with Gasteiger partial charge in [0.1, 0.15) is 5.75 Å². The standard InChI is InChI=1S/C19H29N3O2/c1-16(17(2)22-9-12-23-13-10-22)21-15-18-6-5-7-19(14-18)24-11-4-3-8-20/h5-7,14,16-17,21H,3-4,9-13,15H2,1-2H3. The molecule has 0 spiro atoms. The largest absolute Gasteiger partial charge is 0.494 e. The van der Waals surface area contributed by atoms with Crippen molar-refractivity contribution in [3.8, 4) is 11.8 Å². The highest BCUT2D eigenvalue weighted by molar-refractivity contribution is 5.28. The Bertz CT molecular complexity index is 524. The van der Waals surface area contributed by atoms with Gasteiger partial charge in [-0.15, -0.1) is 0 Å². The van der Waals surface area contributed by atoms with Gasteiger partial charge in [-0.25, -0.2) is 0 Å². The molecule has 1 aromatic rings. The van der Waals surface area contributed by atoms with Gasteiger partial charge < -0.3 is 14.8 Å². The molecule has 2 rings (SSSR count). The lowest BCUT2D eigenvalue weighted by Crippen LogP contribution is -2.50. The molecule has 2 unspecified atom stereocenters. The maximum atomic E-state index is 8.54. The molecule has 5 nitrogen and oxygen atoms in total. The van der Waals surface area contributed by atoms with Crippen LogP contribution in [-0.2, 0) is 11.3 Å². The number of unbranched alkanes of at least 4 members (excludes halogenated alkanes) is 1. The molecule has 5 heteroatoms. The maximum absolute atomic E-state index is 8.54. The third kappa shape index (κ3) is 6.12. The predicted molar refractivity (Wildman–Crippen MR) is 94.9 cm³/mol. The van der Waals surface area contributed by atoms with Crippen molar-refractivity contribution in [2.24, 2.45) is 0 Å². The smallest absolute Gasteiger partial charge is 0.119 e. The Kier molecular flexibility index (Phi) is 8.03. The van der Waals surface area contributed by atoms with Crippen LogP contribution in [0.15, 0.2) is 24.3 Å². The van der Waals surface area contributed by atoms with E-state index in [0.717, 1.165) is 45.0 Å². The first kappa shape index (κ1) is 18.7.